The minimum Gasteiger partial charge on any atom is -0.355 e. The van der Waals surface area contributed by atoms with Gasteiger partial charge in [0.25, 0.3) is 5.91 Å². The average Bonchev–Trinajstić information content (AvgIpc) is 3.31. The molecule has 0 atom stereocenters. The summed E-state index contributed by atoms with van der Waals surface area (Å²) in [6, 6.07) is 7.54. The van der Waals surface area contributed by atoms with E-state index in [1.165, 1.54) is 12.8 Å². The van der Waals surface area contributed by atoms with E-state index in [0.717, 1.165) is 30.0 Å². The molecule has 0 aromatic carbocycles. The number of hydrogen-bond donors (Lipinski definition) is 1. The first kappa shape index (κ1) is 14.6. The first-order chi connectivity index (χ1) is 11.8. The number of hydrogen-bond acceptors (Lipinski definition) is 5. The van der Waals surface area contributed by atoms with Crippen LogP contribution in [0.5, 0.6) is 0 Å². The zero-order chi connectivity index (χ0) is 16.4. The zero-order valence-electron chi connectivity index (χ0n) is 13.2. The quantitative estimate of drug-likeness (QED) is 0.790. The normalized spacial score (nSPS) is 14.2. The van der Waals surface area contributed by atoms with Crippen molar-refractivity contribution in [3.05, 3.63) is 54.2 Å². The third-order valence-corrected chi connectivity index (χ3v) is 4.24. The molecule has 1 N–H and O–H groups in total. The molecule has 0 unspecified atom stereocenters. The highest BCUT2D eigenvalue weighted by molar-refractivity contribution is 5.92. The molecular weight excluding hydrogens is 304 g/mol. The standard InChI is InChI=1S/C17H18N6O/c24-17(15-5-6-16(21-20-15)22-7-1-2-8-22)19-9-13-3-4-14-10-18-12-23(14)11-13/h3-6,10-12H,1-2,7-9H2,(H,19,24). The lowest BCUT2D eigenvalue weighted by molar-refractivity contribution is 0.0945. The van der Waals surface area contributed by atoms with Gasteiger partial charge in [0.2, 0.25) is 0 Å². The van der Waals surface area contributed by atoms with Crippen LogP contribution in [0.15, 0.2) is 43.0 Å². The van der Waals surface area contributed by atoms with Gasteiger partial charge in [0, 0.05) is 25.8 Å². The summed E-state index contributed by atoms with van der Waals surface area (Å²) in [5.41, 5.74) is 2.35. The van der Waals surface area contributed by atoms with Gasteiger partial charge in [-0.1, -0.05) is 6.07 Å². The van der Waals surface area contributed by atoms with E-state index in [9.17, 15) is 4.79 Å². The molecule has 0 radical (unpaired) electrons. The maximum Gasteiger partial charge on any atom is 0.272 e. The second kappa shape index (κ2) is 6.27. The number of anilines is 1. The zero-order valence-corrected chi connectivity index (χ0v) is 13.2. The van der Waals surface area contributed by atoms with E-state index in [2.05, 4.69) is 25.4 Å². The molecule has 1 amide bonds. The van der Waals surface area contributed by atoms with Crippen LogP contribution in [0, 0.1) is 0 Å². The molecule has 4 rings (SSSR count). The highest BCUT2D eigenvalue weighted by Gasteiger charge is 2.15. The molecule has 7 nitrogen and oxygen atoms in total. The van der Waals surface area contributed by atoms with Crippen LogP contribution in [-0.4, -0.2) is 38.6 Å². The van der Waals surface area contributed by atoms with E-state index in [1.807, 2.05) is 28.8 Å². The number of nitrogens with one attached hydrogen (secondary N) is 1. The topological polar surface area (TPSA) is 75.4 Å². The average molecular weight is 322 g/mol. The molecule has 122 valence electrons. The molecule has 1 aliphatic rings. The smallest absolute Gasteiger partial charge is 0.272 e. The van der Waals surface area contributed by atoms with Crippen molar-refractivity contribution in [3.63, 3.8) is 0 Å². The van der Waals surface area contributed by atoms with Crippen molar-refractivity contribution in [2.75, 3.05) is 18.0 Å². The summed E-state index contributed by atoms with van der Waals surface area (Å²) in [6.07, 6.45) is 7.85. The van der Waals surface area contributed by atoms with Gasteiger partial charge in [0.05, 0.1) is 18.0 Å². The number of fused-ring (bicyclic) bond motifs is 1. The van der Waals surface area contributed by atoms with Gasteiger partial charge in [0.15, 0.2) is 11.5 Å². The van der Waals surface area contributed by atoms with Gasteiger partial charge in [-0.3, -0.25) is 4.79 Å². The Hall–Kier alpha value is -2.96. The maximum atomic E-state index is 12.2. The number of nitrogens with zero attached hydrogens (tertiary/aromatic N) is 5. The van der Waals surface area contributed by atoms with Gasteiger partial charge in [-0.25, -0.2) is 4.98 Å². The lowest BCUT2D eigenvalue weighted by atomic mass is 10.2. The molecule has 1 fully saturated rings. The van der Waals surface area contributed by atoms with Gasteiger partial charge >= 0.3 is 0 Å². The third-order valence-electron chi connectivity index (χ3n) is 4.24. The molecule has 4 heterocycles. The Balaban J connectivity index is 1.40. The Kier molecular flexibility index (Phi) is 3.82. The van der Waals surface area contributed by atoms with E-state index in [4.69, 9.17) is 0 Å². The van der Waals surface area contributed by atoms with Crippen LogP contribution in [0.25, 0.3) is 5.52 Å². The molecule has 24 heavy (non-hydrogen) atoms. The van der Waals surface area contributed by atoms with Crippen LogP contribution >= 0.6 is 0 Å². The minimum absolute atomic E-state index is 0.221. The number of carbonyl (C=O) groups is 1. The van der Waals surface area contributed by atoms with Crippen LogP contribution < -0.4 is 10.2 Å². The van der Waals surface area contributed by atoms with Crippen LogP contribution in [0.1, 0.15) is 28.9 Å². The predicted molar refractivity (Wildman–Crippen MR) is 89.8 cm³/mol. The van der Waals surface area contributed by atoms with Crippen molar-refractivity contribution < 1.29 is 4.79 Å². The summed E-state index contributed by atoms with van der Waals surface area (Å²) in [7, 11) is 0. The Labute approximate surface area is 139 Å². The lowest BCUT2D eigenvalue weighted by Gasteiger charge is -2.15. The Bertz CT molecular complexity index is 851. The molecular formula is C17H18N6O. The maximum absolute atomic E-state index is 12.2. The van der Waals surface area contributed by atoms with Crippen molar-refractivity contribution in [3.8, 4) is 0 Å². The molecule has 7 heteroatoms. The molecule has 3 aromatic heterocycles. The number of pyridine rings is 1. The van der Waals surface area contributed by atoms with Crippen LogP contribution in [0.3, 0.4) is 0 Å². The lowest BCUT2D eigenvalue weighted by Crippen LogP contribution is -2.25. The summed E-state index contributed by atoms with van der Waals surface area (Å²) in [4.78, 5) is 18.5. The number of amides is 1. The summed E-state index contributed by atoms with van der Waals surface area (Å²) >= 11 is 0. The van der Waals surface area contributed by atoms with Crippen molar-refractivity contribution in [1.29, 1.82) is 0 Å². The molecule has 3 aromatic rings. The number of rotatable bonds is 4. The monoisotopic (exact) mass is 322 g/mol. The minimum atomic E-state index is -0.221. The van der Waals surface area contributed by atoms with E-state index >= 15 is 0 Å². The Morgan fingerprint density at radius 1 is 1.12 bits per heavy atom. The van der Waals surface area contributed by atoms with E-state index in [0.29, 0.717) is 12.2 Å². The number of aromatic nitrogens is 4. The van der Waals surface area contributed by atoms with Crippen molar-refractivity contribution in [1.82, 2.24) is 24.9 Å². The second-order valence-electron chi connectivity index (χ2n) is 5.92. The van der Waals surface area contributed by atoms with Crippen molar-refractivity contribution >= 4 is 17.2 Å². The Morgan fingerprint density at radius 3 is 2.79 bits per heavy atom. The van der Waals surface area contributed by atoms with Crippen molar-refractivity contribution in [2.45, 2.75) is 19.4 Å². The van der Waals surface area contributed by atoms with Gasteiger partial charge in [0.1, 0.15) is 0 Å². The second-order valence-corrected chi connectivity index (χ2v) is 5.92. The fourth-order valence-electron chi connectivity index (χ4n) is 2.90. The fourth-order valence-corrected chi connectivity index (χ4v) is 2.90. The van der Waals surface area contributed by atoms with Gasteiger partial charge in [-0.2, -0.15) is 0 Å². The van der Waals surface area contributed by atoms with Crippen molar-refractivity contribution in [2.24, 2.45) is 0 Å². The SMILES string of the molecule is O=C(NCc1ccc2cncn2c1)c1ccc(N2CCCC2)nn1. The largest absolute Gasteiger partial charge is 0.355 e. The molecule has 0 spiro atoms. The van der Waals surface area contributed by atoms with Gasteiger partial charge in [-0.15, -0.1) is 10.2 Å². The summed E-state index contributed by atoms with van der Waals surface area (Å²) in [6.45, 7) is 2.45. The highest BCUT2D eigenvalue weighted by atomic mass is 16.1. The first-order valence-corrected chi connectivity index (χ1v) is 8.07. The Morgan fingerprint density at radius 2 is 2.00 bits per heavy atom. The highest BCUT2D eigenvalue weighted by Crippen LogP contribution is 2.16. The summed E-state index contributed by atoms with van der Waals surface area (Å²) in [5, 5.41) is 11.1. The summed E-state index contributed by atoms with van der Waals surface area (Å²) in [5.74, 6) is 0.621. The van der Waals surface area contributed by atoms with Crippen LogP contribution in [0.4, 0.5) is 5.82 Å². The van der Waals surface area contributed by atoms with Crippen LogP contribution in [-0.2, 0) is 6.54 Å². The number of carbonyl (C=O) groups excluding carboxylic acids is 1. The van der Waals surface area contributed by atoms with E-state index in [1.54, 1.807) is 18.6 Å². The van der Waals surface area contributed by atoms with E-state index < -0.39 is 0 Å². The fraction of sp³-hybridized carbons (Fsp3) is 0.294. The molecule has 1 aliphatic heterocycles. The predicted octanol–water partition coefficient (Wildman–Crippen LogP) is 1.65. The van der Waals surface area contributed by atoms with Gasteiger partial charge in [-0.05, 0) is 36.6 Å². The number of imidazole rings is 1. The first-order valence-electron chi connectivity index (χ1n) is 8.07. The van der Waals surface area contributed by atoms with E-state index in [-0.39, 0.29) is 5.91 Å². The van der Waals surface area contributed by atoms with Gasteiger partial charge < -0.3 is 14.6 Å². The third kappa shape index (κ3) is 2.92. The molecule has 1 saturated heterocycles. The molecule has 0 bridgehead atoms. The summed E-state index contributed by atoms with van der Waals surface area (Å²) < 4.78 is 1.92. The molecule has 0 saturated carbocycles. The van der Waals surface area contributed by atoms with Crippen LogP contribution in [0.2, 0.25) is 0 Å². The molecule has 0 aliphatic carbocycles.